The largest absolute Gasteiger partial charge is 0.416 e. The smallest absolute Gasteiger partial charge is 0.320 e. The number of fused-ring (bicyclic) bond motifs is 1. The summed E-state index contributed by atoms with van der Waals surface area (Å²) in [7, 11) is 1.92. The summed E-state index contributed by atoms with van der Waals surface area (Å²) >= 11 is 0. The molecule has 9 heteroatoms. The van der Waals surface area contributed by atoms with Crippen molar-refractivity contribution < 1.29 is 18.0 Å². The van der Waals surface area contributed by atoms with E-state index in [2.05, 4.69) is 22.4 Å². The quantitative estimate of drug-likeness (QED) is 0.364. The van der Waals surface area contributed by atoms with Gasteiger partial charge in [0.05, 0.1) is 12.1 Å². The zero-order valence-corrected chi connectivity index (χ0v) is 22.4. The topological polar surface area (TPSA) is 63.1 Å². The molecule has 2 aliphatic carbocycles. The molecule has 206 valence electrons. The Hall–Kier alpha value is -3.20. The molecule has 39 heavy (non-hydrogen) atoms. The van der Waals surface area contributed by atoms with E-state index >= 15 is 0 Å². The molecule has 2 heterocycles. The highest BCUT2D eigenvalue weighted by Crippen LogP contribution is 2.42. The van der Waals surface area contributed by atoms with Crippen molar-refractivity contribution >= 4 is 11.6 Å². The number of benzene rings is 2. The maximum absolute atomic E-state index is 14.2. The number of halogens is 3. The van der Waals surface area contributed by atoms with Crippen LogP contribution in [0.1, 0.15) is 96.2 Å². The number of aromatic nitrogens is 3. The maximum atomic E-state index is 14.2. The molecule has 0 radical (unpaired) electrons. The number of carbonyl (C=O) groups is 1. The van der Waals surface area contributed by atoms with Crippen LogP contribution in [0.25, 0.3) is 0 Å². The fraction of sp³-hybridized carbons (Fsp3) is 0.500. The van der Waals surface area contributed by atoms with E-state index in [9.17, 15) is 18.0 Å². The standard InChI is InChI=1S/C30H34F3N5O/c1-29(10-5-11-29)34-16-20-13-24-25(26(14-20)30(31,32)33)17-38(28(24)39)22-9-4-8-21(15-22)23(12-19-6-3-7-19)27-36-35-18-37(27)2/h4,8-9,13-15,18-19,23,34H,3,5-7,10-12,16-17H2,1-2H3/t23-/m0/s1. The molecule has 0 bridgehead atoms. The predicted molar refractivity (Wildman–Crippen MR) is 142 cm³/mol. The lowest BCUT2D eigenvalue weighted by Crippen LogP contribution is -2.47. The first-order chi connectivity index (χ1) is 18.6. The maximum Gasteiger partial charge on any atom is 0.416 e. The van der Waals surface area contributed by atoms with E-state index in [1.807, 2.05) is 29.8 Å². The van der Waals surface area contributed by atoms with Gasteiger partial charge < -0.3 is 14.8 Å². The highest BCUT2D eigenvalue weighted by Gasteiger charge is 2.41. The van der Waals surface area contributed by atoms with Crippen LogP contribution in [-0.2, 0) is 26.3 Å². The molecular weight excluding hydrogens is 503 g/mol. The summed E-state index contributed by atoms with van der Waals surface area (Å²) in [6, 6.07) is 10.5. The van der Waals surface area contributed by atoms with E-state index < -0.39 is 17.6 Å². The van der Waals surface area contributed by atoms with Crippen LogP contribution < -0.4 is 10.2 Å². The summed E-state index contributed by atoms with van der Waals surface area (Å²) in [5.74, 6) is 1.07. The van der Waals surface area contributed by atoms with Gasteiger partial charge in [-0.2, -0.15) is 13.2 Å². The second-order valence-electron chi connectivity index (χ2n) is 11.8. The zero-order chi connectivity index (χ0) is 27.4. The third-order valence-corrected chi connectivity index (χ3v) is 9.02. The van der Waals surface area contributed by atoms with Gasteiger partial charge in [0.1, 0.15) is 12.2 Å². The summed E-state index contributed by atoms with van der Waals surface area (Å²) in [5.41, 5.74) is 1.51. The van der Waals surface area contributed by atoms with Crippen LogP contribution >= 0.6 is 0 Å². The molecule has 6 nitrogen and oxygen atoms in total. The lowest BCUT2D eigenvalue weighted by Gasteiger charge is -2.39. The lowest BCUT2D eigenvalue weighted by molar-refractivity contribution is -0.138. The summed E-state index contributed by atoms with van der Waals surface area (Å²) in [6.45, 7) is 2.29. The van der Waals surface area contributed by atoms with Crippen LogP contribution in [0.5, 0.6) is 0 Å². The van der Waals surface area contributed by atoms with Crippen molar-refractivity contribution in [2.45, 2.75) is 82.6 Å². The molecule has 3 aliphatic rings. The van der Waals surface area contributed by atoms with Gasteiger partial charge in [-0.3, -0.25) is 4.79 Å². The Morgan fingerprint density at radius 2 is 1.95 bits per heavy atom. The number of amides is 1. The van der Waals surface area contributed by atoms with Crippen LogP contribution in [0, 0.1) is 5.92 Å². The molecule has 0 spiro atoms. The van der Waals surface area contributed by atoms with Crippen molar-refractivity contribution in [2.24, 2.45) is 13.0 Å². The van der Waals surface area contributed by atoms with E-state index in [1.165, 1.54) is 30.2 Å². The number of anilines is 1. The minimum Gasteiger partial charge on any atom is -0.320 e. The van der Waals surface area contributed by atoms with Crippen molar-refractivity contribution in [3.8, 4) is 0 Å². The van der Waals surface area contributed by atoms with Crippen LogP contribution in [0.15, 0.2) is 42.7 Å². The second-order valence-corrected chi connectivity index (χ2v) is 11.8. The summed E-state index contributed by atoms with van der Waals surface area (Å²) in [5, 5.41) is 11.8. The first-order valence-electron chi connectivity index (χ1n) is 13.8. The van der Waals surface area contributed by atoms with Crippen LogP contribution in [-0.4, -0.2) is 26.2 Å². The number of hydrogen-bond donors (Lipinski definition) is 1. The van der Waals surface area contributed by atoms with E-state index in [1.54, 1.807) is 18.5 Å². The SMILES string of the molecule is Cn1cnnc1[C@@H](CC1CCC1)c1cccc(N2Cc3c(cc(CNC4(C)CCC4)cc3C(F)(F)F)C2=O)c1. The third-order valence-electron chi connectivity index (χ3n) is 9.02. The Kier molecular flexibility index (Phi) is 6.52. The summed E-state index contributed by atoms with van der Waals surface area (Å²) in [4.78, 5) is 15.1. The Labute approximate surface area is 226 Å². The van der Waals surface area contributed by atoms with Crippen molar-refractivity contribution in [1.29, 1.82) is 0 Å². The van der Waals surface area contributed by atoms with Crippen molar-refractivity contribution in [2.75, 3.05) is 4.90 Å². The molecule has 1 atom stereocenters. The van der Waals surface area contributed by atoms with Gasteiger partial charge in [0.2, 0.25) is 0 Å². The van der Waals surface area contributed by atoms with E-state index in [0.29, 0.717) is 23.7 Å². The van der Waals surface area contributed by atoms with Gasteiger partial charge in [-0.15, -0.1) is 10.2 Å². The number of aryl methyl sites for hydroxylation is 1. The molecule has 1 aromatic heterocycles. The first kappa shape index (κ1) is 26.0. The third kappa shape index (κ3) is 4.97. The number of hydrogen-bond acceptors (Lipinski definition) is 4. The minimum absolute atomic E-state index is 0.000821. The van der Waals surface area contributed by atoms with Crippen LogP contribution in [0.2, 0.25) is 0 Å². The fourth-order valence-corrected chi connectivity index (χ4v) is 6.20. The highest BCUT2D eigenvalue weighted by atomic mass is 19.4. The number of nitrogens with one attached hydrogen (secondary N) is 1. The van der Waals surface area contributed by atoms with Crippen LogP contribution in [0.4, 0.5) is 18.9 Å². The Morgan fingerprint density at radius 3 is 2.56 bits per heavy atom. The Bertz CT molecular complexity index is 1390. The molecule has 1 aliphatic heterocycles. The highest BCUT2D eigenvalue weighted by molar-refractivity contribution is 6.10. The molecule has 1 N–H and O–H groups in total. The minimum atomic E-state index is -4.54. The lowest BCUT2D eigenvalue weighted by atomic mass is 9.77. The average Bonchev–Trinajstić information content (AvgIpc) is 3.43. The molecule has 1 amide bonds. The molecule has 2 fully saturated rings. The van der Waals surface area contributed by atoms with E-state index in [4.69, 9.17) is 0 Å². The van der Waals surface area contributed by atoms with E-state index in [-0.39, 0.29) is 29.1 Å². The van der Waals surface area contributed by atoms with Crippen molar-refractivity contribution in [3.63, 3.8) is 0 Å². The van der Waals surface area contributed by atoms with Gasteiger partial charge in [0.15, 0.2) is 0 Å². The van der Waals surface area contributed by atoms with Gasteiger partial charge in [-0.25, -0.2) is 0 Å². The number of rotatable bonds is 8. The Morgan fingerprint density at radius 1 is 1.15 bits per heavy atom. The van der Waals surface area contributed by atoms with Gasteiger partial charge in [0, 0.05) is 36.3 Å². The number of alkyl halides is 3. The van der Waals surface area contributed by atoms with Gasteiger partial charge in [-0.1, -0.05) is 31.4 Å². The monoisotopic (exact) mass is 537 g/mol. The zero-order valence-electron chi connectivity index (χ0n) is 22.4. The molecular formula is C30H34F3N5O. The predicted octanol–water partition coefficient (Wildman–Crippen LogP) is 6.35. The van der Waals surface area contributed by atoms with Crippen molar-refractivity contribution in [3.05, 3.63) is 76.4 Å². The van der Waals surface area contributed by atoms with Gasteiger partial charge in [0.25, 0.3) is 5.91 Å². The fourth-order valence-electron chi connectivity index (χ4n) is 6.20. The van der Waals surface area contributed by atoms with Gasteiger partial charge >= 0.3 is 6.18 Å². The normalized spacial score (nSPS) is 19.5. The summed E-state index contributed by atoms with van der Waals surface area (Å²) in [6.07, 6.45) is 4.79. The second kappa shape index (κ2) is 9.77. The molecule has 2 aromatic carbocycles. The number of nitrogens with zero attached hydrogens (tertiary/aromatic N) is 4. The molecule has 0 saturated heterocycles. The average molecular weight is 538 g/mol. The van der Waals surface area contributed by atoms with E-state index in [0.717, 1.165) is 37.1 Å². The molecule has 0 unspecified atom stereocenters. The molecule has 2 saturated carbocycles. The Balaban J connectivity index is 1.31. The first-order valence-corrected chi connectivity index (χ1v) is 13.8. The summed E-state index contributed by atoms with van der Waals surface area (Å²) < 4.78 is 44.5. The molecule has 6 rings (SSSR count). The van der Waals surface area contributed by atoms with Gasteiger partial charge in [-0.05, 0) is 79.5 Å². The molecule has 3 aromatic rings. The van der Waals surface area contributed by atoms with Crippen LogP contribution in [0.3, 0.4) is 0 Å². The van der Waals surface area contributed by atoms with Crippen molar-refractivity contribution in [1.82, 2.24) is 20.1 Å². The number of carbonyl (C=O) groups excluding carboxylic acids is 1.